The lowest BCUT2D eigenvalue weighted by Gasteiger charge is -2.17. The highest BCUT2D eigenvalue weighted by Crippen LogP contribution is 2.44. The van der Waals surface area contributed by atoms with Crippen molar-refractivity contribution >= 4 is 34.7 Å². The zero-order valence-electron chi connectivity index (χ0n) is 20.1. The summed E-state index contributed by atoms with van der Waals surface area (Å²) in [7, 11) is 0. The number of hydrogen-bond acceptors (Lipinski definition) is 9. The molecule has 6 atom stereocenters. The average molecular weight is 516 g/mol. The van der Waals surface area contributed by atoms with Crippen LogP contribution in [0, 0.1) is 11.7 Å². The van der Waals surface area contributed by atoms with Crippen LogP contribution in [0.5, 0.6) is 0 Å². The lowest BCUT2D eigenvalue weighted by Crippen LogP contribution is -2.38. The Kier molecular flexibility index (Phi) is 7.09. The van der Waals surface area contributed by atoms with E-state index in [9.17, 15) is 19.4 Å². The first-order valence-corrected chi connectivity index (χ1v) is 13.3. The fourth-order valence-electron chi connectivity index (χ4n) is 4.82. The number of fused-ring (bicyclic) bond motifs is 1. The van der Waals surface area contributed by atoms with Crippen molar-refractivity contribution in [2.45, 2.75) is 68.5 Å². The third-order valence-electron chi connectivity index (χ3n) is 6.80. The molecule has 2 fully saturated rings. The summed E-state index contributed by atoms with van der Waals surface area (Å²) >= 11 is 1.51. The molecule has 2 heterocycles. The fraction of sp³-hybridized carbons (Fsp3) is 0.542. The van der Waals surface area contributed by atoms with Crippen molar-refractivity contribution in [1.82, 2.24) is 30.3 Å². The highest BCUT2D eigenvalue weighted by Gasteiger charge is 2.47. The molecule has 1 aromatic carbocycles. The van der Waals surface area contributed by atoms with Crippen molar-refractivity contribution in [2.75, 3.05) is 17.6 Å². The Balaban J connectivity index is 1.44. The summed E-state index contributed by atoms with van der Waals surface area (Å²) in [5, 5.41) is 36.7. The SMILES string of the molecule is CCCSc1nc(NC2CC2c2ccc(F)cc2)c2nnn([C@@H]3C[C@H](C(=O)NCC)[C@@H](O)[C@H]3O)c2n1. The van der Waals surface area contributed by atoms with Crippen LogP contribution in [0.2, 0.25) is 0 Å². The zero-order valence-corrected chi connectivity index (χ0v) is 21.0. The molecule has 0 spiro atoms. The number of nitrogens with zero attached hydrogens (tertiary/aromatic N) is 5. The standard InChI is InChI=1S/C24H30FN7O3S/c1-3-9-36-24-28-21(27-16-10-14(16)12-5-7-13(25)8-6-12)18-22(29-24)32(31-30-18)17-11-15(19(33)20(17)34)23(35)26-4-2/h5-8,14-17,19-20,33-34H,3-4,9-11H2,1-2H3,(H,26,35)(H,27,28,29)/t14?,15-,16?,17+,19+,20-/m0/s1. The van der Waals surface area contributed by atoms with E-state index in [0.29, 0.717) is 28.7 Å². The Morgan fingerprint density at radius 1 is 1.17 bits per heavy atom. The molecule has 36 heavy (non-hydrogen) atoms. The normalized spacial score (nSPS) is 27.4. The molecule has 192 valence electrons. The number of amides is 1. The molecule has 4 N–H and O–H groups in total. The van der Waals surface area contributed by atoms with Crippen molar-refractivity contribution < 1.29 is 19.4 Å². The first kappa shape index (κ1) is 24.8. The van der Waals surface area contributed by atoms with E-state index >= 15 is 0 Å². The lowest BCUT2D eigenvalue weighted by atomic mass is 10.0. The van der Waals surface area contributed by atoms with Gasteiger partial charge in [0.1, 0.15) is 11.9 Å². The second-order valence-electron chi connectivity index (χ2n) is 9.34. The monoisotopic (exact) mass is 515 g/mol. The molecule has 0 radical (unpaired) electrons. The van der Waals surface area contributed by atoms with E-state index < -0.39 is 24.2 Å². The fourth-order valence-corrected chi connectivity index (χ4v) is 5.51. The van der Waals surface area contributed by atoms with Gasteiger partial charge in [-0.25, -0.2) is 19.0 Å². The van der Waals surface area contributed by atoms with Gasteiger partial charge in [-0.2, -0.15) is 0 Å². The van der Waals surface area contributed by atoms with Gasteiger partial charge in [0, 0.05) is 24.3 Å². The smallest absolute Gasteiger partial charge is 0.225 e. The second-order valence-corrected chi connectivity index (χ2v) is 10.4. The maximum atomic E-state index is 13.3. The van der Waals surface area contributed by atoms with Crippen molar-refractivity contribution in [2.24, 2.45) is 5.92 Å². The topological polar surface area (TPSA) is 138 Å². The van der Waals surface area contributed by atoms with Gasteiger partial charge in [-0.3, -0.25) is 4.79 Å². The number of halogens is 1. The molecule has 0 aliphatic heterocycles. The Bertz CT molecular complexity index is 1240. The van der Waals surface area contributed by atoms with E-state index in [0.717, 1.165) is 24.2 Å². The second kappa shape index (κ2) is 10.3. The molecule has 2 unspecified atom stereocenters. The van der Waals surface area contributed by atoms with Crippen LogP contribution in [-0.4, -0.2) is 71.6 Å². The Hall–Kier alpha value is -2.83. The van der Waals surface area contributed by atoms with E-state index in [2.05, 4.69) is 32.9 Å². The molecule has 2 saturated carbocycles. The zero-order chi connectivity index (χ0) is 25.4. The summed E-state index contributed by atoms with van der Waals surface area (Å²) in [4.78, 5) is 21.8. The lowest BCUT2D eigenvalue weighted by molar-refractivity contribution is -0.128. The highest BCUT2D eigenvalue weighted by molar-refractivity contribution is 7.99. The highest BCUT2D eigenvalue weighted by atomic mass is 32.2. The molecule has 2 aliphatic rings. The number of carbonyl (C=O) groups excluding carboxylic acids is 1. The quantitative estimate of drug-likeness (QED) is 0.250. The van der Waals surface area contributed by atoms with Crippen LogP contribution in [0.15, 0.2) is 29.4 Å². The van der Waals surface area contributed by atoms with Gasteiger partial charge in [0.15, 0.2) is 22.1 Å². The number of rotatable bonds is 9. The number of thioether (sulfide) groups is 1. The van der Waals surface area contributed by atoms with Crippen LogP contribution < -0.4 is 10.6 Å². The molecule has 0 saturated heterocycles. The van der Waals surface area contributed by atoms with Gasteiger partial charge in [0.2, 0.25) is 5.91 Å². The third-order valence-corrected chi connectivity index (χ3v) is 7.86. The van der Waals surface area contributed by atoms with Gasteiger partial charge in [0.05, 0.1) is 18.1 Å². The summed E-state index contributed by atoms with van der Waals surface area (Å²) in [5.74, 6) is 0.310. The average Bonchev–Trinajstić information content (AvgIpc) is 3.40. The van der Waals surface area contributed by atoms with Gasteiger partial charge in [-0.15, -0.1) is 5.10 Å². The number of anilines is 1. The first-order chi connectivity index (χ1) is 17.4. The maximum absolute atomic E-state index is 13.3. The largest absolute Gasteiger partial charge is 0.390 e. The van der Waals surface area contributed by atoms with E-state index in [1.807, 2.05) is 0 Å². The minimum atomic E-state index is -1.21. The van der Waals surface area contributed by atoms with E-state index in [1.54, 1.807) is 19.1 Å². The molecular formula is C24H30FN7O3S. The molecular weight excluding hydrogens is 485 g/mol. The van der Waals surface area contributed by atoms with Gasteiger partial charge in [-0.1, -0.05) is 36.0 Å². The van der Waals surface area contributed by atoms with Crippen LogP contribution in [-0.2, 0) is 4.79 Å². The summed E-state index contributed by atoms with van der Waals surface area (Å²) in [6.45, 7) is 4.32. The van der Waals surface area contributed by atoms with Crippen LogP contribution in [0.4, 0.5) is 10.2 Å². The molecule has 2 aromatic heterocycles. The maximum Gasteiger partial charge on any atom is 0.225 e. The molecule has 10 nitrogen and oxygen atoms in total. The third kappa shape index (κ3) is 4.76. The minimum absolute atomic E-state index is 0.115. The van der Waals surface area contributed by atoms with Crippen LogP contribution in [0.1, 0.15) is 50.6 Å². The predicted molar refractivity (Wildman–Crippen MR) is 133 cm³/mol. The van der Waals surface area contributed by atoms with Gasteiger partial charge >= 0.3 is 0 Å². The Labute approximate surface area is 212 Å². The number of carbonyl (C=O) groups is 1. The molecule has 2 aliphatic carbocycles. The Morgan fingerprint density at radius 3 is 2.67 bits per heavy atom. The summed E-state index contributed by atoms with van der Waals surface area (Å²) in [6.07, 6.45) is -0.357. The van der Waals surface area contributed by atoms with Gasteiger partial charge in [0.25, 0.3) is 0 Å². The number of aliphatic hydroxyl groups excluding tert-OH is 2. The van der Waals surface area contributed by atoms with Crippen molar-refractivity contribution in [3.8, 4) is 0 Å². The van der Waals surface area contributed by atoms with Gasteiger partial charge in [-0.05, 0) is 43.9 Å². The van der Waals surface area contributed by atoms with Crippen molar-refractivity contribution in [3.63, 3.8) is 0 Å². The van der Waals surface area contributed by atoms with Gasteiger partial charge < -0.3 is 20.8 Å². The number of nitrogens with one attached hydrogen (secondary N) is 2. The predicted octanol–water partition coefficient (Wildman–Crippen LogP) is 2.25. The molecule has 12 heteroatoms. The van der Waals surface area contributed by atoms with Crippen molar-refractivity contribution in [3.05, 3.63) is 35.6 Å². The van der Waals surface area contributed by atoms with E-state index in [1.165, 1.54) is 28.6 Å². The molecule has 3 aromatic rings. The number of aromatic nitrogens is 5. The summed E-state index contributed by atoms with van der Waals surface area (Å²) in [5.41, 5.74) is 1.96. The molecule has 0 bridgehead atoms. The summed E-state index contributed by atoms with van der Waals surface area (Å²) < 4.78 is 14.8. The number of aliphatic hydroxyl groups is 2. The molecule has 5 rings (SSSR count). The Morgan fingerprint density at radius 2 is 1.94 bits per heavy atom. The van der Waals surface area contributed by atoms with E-state index in [4.69, 9.17) is 4.98 Å². The van der Waals surface area contributed by atoms with Crippen LogP contribution in [0.3, 0.4) is 0 Å². The minimum Gasteiger partial charge on any atom is -0.390 e. The van der Waals surface area contributed by atoms with E-state index in [-0.39, 0.29) is 30.1 Å². The van der Waals surface area contributed by atoms with Crippen LogP contribution in [0.25, 0.3) is 11.2 Å². The first-order valence-electron chi connectivity index (χ1n) is 12.3. The summed E-state index contributed by atoms with van der Waals surface area (Å²) in [6, 6.07) is 5.99. The van der Waals surface area contributed by atoms with Crippen LogP contribution >= 0.6 is 11.8 Å². The number of hydrogen-bond donors (Lipinski definition) is 4. The number of benzene rings is 1. The van der Waals surface area contributed by atoms with Crippen molar-refractivity contribution in [1.29, 1.82) is 0 Å². The molecule has 1 amide bonds.